The molecule has 1 saturated heterocycles. The van der Waals surface area contributed by atoms with Crippen molar-refractivity contribution in [2.45, 2.75) is 38.1 Å². The van der Waals surface area contributed by atoms with Crippen LogP contribution in [0.3, 0.4) is 0 Å². The molecule has 1 aliphatic rings. The van der Waals surface area contributed by atoms with E-state index in [1.54, 1.807) is 16.4 Å². The average Bonchev–Trinajstić information content (AvgIpc) is 3.16. The molecule has 1 aromatic carbocycles. The Morgan fingerprint density at radius 3 is 2.40 bits per heavy atom. The number of benzene rings is 1. The summed E-state index contributed by atoms with van der Waals surface area (Å²) in [6.45, 7) is 8.63. The molecule has 2 aromatic heterocycles. The van der Waals surface area contributed by atoms with Gasteiger partial charge in [0.15, 0.2) is 0 Å². The van der Waals surface area contributed by atoms with Crippen molar-refractivity contribution in [2.24, 2.45) is 0 Å². The number of aromatic nitrogens is 2. The second-order valence-electron chi connectivity index (χ2n) is 7.81. The van der Waals surface area contributed by atoms with Crippen LogP contribution in [-0.4, -0.2) is 59.9 Å². The third-order valence-electron chi connectivity index (χ3n) is 6.06. The quantitative estimate of drug-likeness (QED) is 0.582. The van der Waals surface area contributed by atoms with Crippen LogP contribution < -0.4 is 0 Å². The Balaban J connectivity index is 1.37. The van der Waals surface area contributed by atoms with Crippen molar-refractivity contribution in [3.8, 4) is 0 Å². The molecule has 0 amide bonds. The Hall–Kier alpha value is -2.22. The van der Waals surface area contributed by atoms with Gasteiger partial charge in [-0.05, 0) is 55.2 Å². The van der Waals surface area contributed by atoms with Crippen LogP contribution in [-0.2, 0) is 29.4 Å². The lowest BCUT2D eigenvalue weighted by molar-refractivity contribution is 0.190. The zero-order valence-electron chi connectivity index (χ0n) is 17.8. The molecule has 0 N–H and O–H groups in total. The summed E-state index contributed by atoms with van der Waals surface area (Å²) in [5, 5.41) is 1.22. The van der Waals surface area contributed by atoms with E-state index in [0.29, 0.717) is 18.0 Å². The van der Waals surface area contributed by atoms with Crippen LogP contribution in [0.5, 0.6) is 0 Å². The Labute approximate surface area is 179 Å². The minimum Gasteiger partial charge on any atom is -0.333 e. The Morgan fingerprint density at radius 2 is 1.73 bits per heavy atom. The van der Waals surface area contributed by atoms with Crippen LogP contribution in [0, 0.1) is 0 Å². The molecule has 0 unspecified atom stereocenters. The highest BCUT2D eigenvalue weighted by atomic mass is 32.2. The molecule has 4 rings (SSSR count). The van der Waals surface area contributed by atoms with Gasteiger partial charge in [0.2, 0.25) is 10.0 Å². The molecule has 0 spiro atoms. The third kappa shape index (κ3) is 4.15. The number of aryl methyl sites for hydroxylation is 2. The zero-order valence-corrected chi connectivity index (χ0v) is 18.6. The van der Waals surface area contributed by atoms with Gasteiger partial charge in [-0.3, -0.25) is 0 Å². The Morgan fingerprint density at radius 1 is 1.00 bits per heavy atom. The SMILES string of the molecule is CCc1ccc(S(=O)(=O)N2CCN(CCc3cn(CC)c4ncccc34)CC2)cc1. The lowest BCUT2D eigenvalue weighted by Gasteiger charge is -2.34. The van der Waals surface area contributed by atoms with E-state index < -0.39 is 10.0 Å². The second kappa shape index (κ2) is 8.88. The molecule has 0 radical (unpaired) electrons. The number of hydrogen-bond acceptors (Lipinski definition) is 4. The van der Waals surface area contributed by atoms with E-state index in [1.165, 1.54) is 10.9 Å². The maximum atomic E-state index is 13.0. The number of fused-ring (bicyclic) bond motifs is 1. The Bertz CT molecular complexity index is 1100. The summed E-state index contributed by atoms with van der Waals surface area (Å²) in [5.41, 5.74) is 3.50. The van der Waals surface area contributed by atoms with E-state index in [1.807, 2.05) is 24.4 Å². The molecule has 160 valence electrons. The van der Waals surface area contributed by atoms with Gasteiger partial charge < -0.3 is 9.47 Å². The van der Waals surface area contributed by atoms with Crippen molar-refractivity contribution >= 4 is 21.1 Å². The van der Waals surface area contributed by atoms with Crippen molar-refractivity contribution in [3.05, 3.63) is 59.9 Å². The predicted octanol–water partition coefficient (Wildman–Crippen LogP) is 3.17. The van der Waals surface area contributed by atoms with Crippen LogP contribution in [0.2, 0.25) is 0 Å². The summed E-state index contributed by atoms with van der Waals surface area (Å²) >= 11 is 0. The number of hydrogen-bond donors (Lipinski definition) is 0. The largest absolute Gasteiger partial charge is 0.333 e. The molecule has 0 atom stereocenters. The van der Waals surface area contributed by atoms with Crippen molar-refractivity contribution < 1.29 is 8.42 Å². The van der Waals surface area contributed by atoms with Crippen molar-refractivity contribution in [2.75, 3.05) is 32.7 Å². The molecule has 0 saturated carbocycles. The lowest BCUT2D eigenvalue weighted by Crippen LogP contribution is -2.48. The third-order valence-corrected chi connectivity index (χ3v) is 7.97. The zero-order chi connectivity index (χ0) is 21.1. The van der Waals surface area contributed by atoms with E-state index in [-0.39, 0.29) is 0 Å². The van der Waals surface area contributed by atoms with Gasteiger partial charge in [0.1, 0.15) is 5.65 Å². The first-order valence-electron chi connectivity index (χ1n) is 10.8. The van der Waals surface area contributed by atoms with E-state index in [4.69, 9.17) is 0 Å². The molecule has 3 aromatic rings. The molecular weight excluding hydrogens is 396 g/mol. The van der Waals surface area contributed by atoms with Gasteiger partial charge in [0.25, 0.3) is 0 Å². The van der Waals surface area contributed by atoms with Gasteiger partial charge in [-0.25, -0.2) is 13.4 Å². The fourth-order valence-corrected chi connectivity index (χ4v) is 5.58. The molecule has 3 heterocycles. The number of piperazine rings is 1. The normalized spacial score (nSPS) is 16.3. The van der Waals surface area contributed by atoms with Gasteiger partial charge in [-0.15, -0.1) is 0 Å². The standard InChI is InChI=1S/C23H30N4O2S/c1-3-19-7-9-21(10-8-19)30(28,29)27-16-14-25(15-17-27)13-11-20-18-26(4-2)23-22(20)6-5-12-24-23/h5-10,12,18H,3-4,11,13-17H2,1-2H3. The minimum atomic E-state index is -3.41. The second-order valence-corrected chi connectivity index (χ2v) is 9.75. The van der Waals surface area contributed by atoms with Crippen LogP contribution in [0.4, 0.5) is 0 Å². The number of pyridine rings is 1. The van der Waals surface area contributed by atoms with Crippen molar-refractivity contribution in [1.82, 2.24) is 18.8 Å². The summed E-state index contributed by atoms with van der Waals surface area (Å²) in [4.78, 5) is 7.28. The molecule has 30 heavy (non-hydrogen) atoms. The minimum absolute atomic E-state index is 0.396. The topological polar surface area (TPSA) is 58.4 Å². The highest BCUT2D eigenvalue weighted by Crippen LogP contribution is 2.21. The van der Waals surface area contributed by atoms with Crippen molar-refractivity contribution in [3.63, 3.8) is 0 Å². The lowest BCUT2D eigenvalue weighted by atomic mass is 10.1. The molecule has 0 aliphatic carbocycles. The van der Waals surface area contributed by atoms with E-state index >= 15 is 0 Å². The average molecular weight is 427 g/mol. The number of rotatable bonds is 7. The maximum Gasteiger partial charge on any atom is 0.243 e. The van der Waals surface area contributed by atoms with E-state index in [9.17, 15) is 8.42 Å². The van der Waals surface area contributed by atoms with Crippen LogP contribution in [0.25, 0.3) is 11.0 Å². The fraction of sp³-hybridized carbons (Fsp3) is 0.435. The summed E-state index contributed by atoms with van der Waals surface area (Å²) in [6, 6.07) is 11.4. The highest BCUT2D eigenvalue weighted by molar-refractivity contribution is 7.89. The van der Waals surface area contributed by atoms with Crippen LogP contribution in [0.15, 0.2) is 53.7 Å². The highest BCUT2D eigenvalue weighted by Gasteiger charge is 2.28. The Kier molecular flexibility index (Phi) is 6.22. The van der Waals surface area contributed by atoms with Gasteiger partial charge in [0.05, 0.1) is 4.90 Å². The van der Waals surface area contributed by atoms with Gasteiger partial charge in [-0.1, -0.05) is 19.1 Å². The fourth-order valence-electron chi connectivity index (χ4n) is 4.15. The predicted molar refractivity (Wildman–Crippen MR) is 120 cm³/mol. The van der Waals surface area contributed by atoms with Gasteiger partial charge in [0, 0.05) is 57.0 Å². The smallest absolute Gasteiger partial charge is 0.243 e. The van der Waals surface area contributed by atoms with Crippen molar-refractivity contribution in [1.29, 1.82) is 0 Å². The molecule has 1 aliphatic heterocycles. The summed E-state index contributed by atoms with van der Waals surface area (Å²) < 4.78 is 29.7. The van der Waals surface area contributed by atoms with E-state index in [2.05, 4.69) is 40.6 Å². The summed E-state index contributed by atoms with van der Waals surface area (Å²) in [5.74, 6) is 0. The first-order valence-corrected chi connectivity index (χ1v) is 12.2. The van der Waals surface area contributed by atoms with Crippen LogP contribution >= 0.6 is 0 Å². The summed E-state index contributed by atoms with van der Waals surface area (Å²) in [6.07, 6.45) is 5.90. The van der Waals surface area contributed by atoms with Gasteiger partial charge in [-0.2, -0.15) is 4.31 Å². The molecule has 0 bridgehead atoms. The summed E-state index contributed by atoms with van der Waals surface area (Å²) in [7, 11) is -3.41. The van der Waals surface area contributed by atoms with Crippen LogP contribution in [0.1, 0.15) is 25.0 Å². The maximum absolute atomic E-state index is 13.0. The first kappa shape index (κ1) is 21.0. The monoisotopic (exact) mass is 426 g/mol. The van der Waals surface area contributed by atoms with Gasteiger partial charge >= 0.3 is 0 Å². The molecule has 6 nitrogen and oxygen atoms in total. The molecule has 1 fully saturated rings. The van der Waals surface area contributed by atoms with E-state index in [0.717, 1.165) is 50.2 Å². The molecular formula is C23H30N4O2S. The number of sulfonamides is 1. The number of nitrogens with zero attached hydrogens (tertiary/aromatic N) is 4. The molecule has 7 heteroatoms. The first-order chi connectivity index (χ1) is 14.5.